The zero-order valence-corrected chi connectivity index (χ0v) is 23.9. The SMILES string of the molecule is Cc1ccc(NC(=O)[C@H]2[C@H]3C=C[C@@]4(O3)[C@H]2C(=O)N(Cc2cccs2)[C@@H]4C(=O)N[C@@H]2CCC[C@H](C)[C@@H]2C)cc1Cl. The summed E-state index contributed by atoms with van der Waals surface area (Å²) in [6, 6.07) is 8.43. The normalized spacial score (nSPS) is 34.8. The van der Waals surface area contributed by atoms with Crippen LogP contribution in [0.3, 0.4) is 0 Å². The van der Waals surface area contributed by atoms with Crippen molar-refractivity contribution in [3.8, 4) is 0 Å². The minimum Gasteiger partial charge on any atom is -0.359 e. The molecule has 7 nitrogen and oxygen atoms in total. The molecule has 3 fully saturated rings. The van der Waals surface area contributed by atoms with Crippen LogP contribution in [0.2, 0.25) is 5.02 Å². The van der Waals surface area contributed by atoms with Gasteiger partial charge in [0.1, 0.15) is 11.6 Å². The average molecular weight is 568 g/mol. The molecule has 0 unspecified atom stereocenters. The van der Waals surface area contributed by atoms with Gasteiger partial charge in [-0.2, -0.15) is 0 Å². The first-order valence-corrected chi connectivity index (χ1v) is 15.0. The van der Waals surface area contributed by atoms with Gasteiger partial charge in [0.15, 0.2) is 0 Å². The Morgan fingerprint density at radius 1 is 1.21 bits per heavy atom. The molecule has 3 amide bonds. The Morgan fingerprint density at radius 3 is 2.77 bits per heavy atom. The number of anilines is 1. The molecule has 1 aromatic carbocycles. The fourth-order valence-electron chi connectivity index (χ4n) is 6.95. The molecule has 2 bridgehead atoms. The van der Waals surface area contributed by atoms with Crippen LogP contribution in [0.25, 0.3) is 0 Å². The number of thiophene rings is 1. The highest BCUT2D eigenvalue weighted by Gasteiger charge is 2.72. The summed E-state index contributed by atoms with van der Waals surface area (Å²) in [6.07, 6.45) is 6.27. The van der Waals surface area contributed by atoms with Crippen molar-refractivity contribution < 1.29 is 19.1 Å². The van der Waals surface area contributed by atoms with Crippen LogP contribution in [0.15, 0.2) is 47.9 Å². The molecule has 8 atom stereocenters. The lowest BCUT2D eigenvalue weighted by atomic mass is 9.73. The smallest absolute Gasteiger partial charge is 0.246 e. The number of likely N-dealkylation sites (tertiary alicyclic amines) is 1. The van der Waals surface area contributed by atoms with Crippen molar-refractivity contribution in [1.82, 2.24) is 10.2 Å². The predicted octanol–water partition coefficient (Wildman–Crippen LogP) is 4.94. The maximum Gasteiger partial charge on any atom is 0.246 e. The molecule has 2 aromatic rings. The highest BCUT2D eigenvalue weighted by molar-refractivity contribution is 7.09. The largest absolute Gasteiger partial charge is 0.359 e. The third kappa shape index (κ3) is 4.41. The van der Waals surface area contributed by atoms with Crippen molar-refractivity contribution in [2.45, 2.75) is 70.4 Å². The molecule has 2 saturated heterocycles. The summed E-state index contributed by atoms with van der Waals surface area (Å²) in [4.78, 5) is 44.5. The number of halogens is 1. The van der Waals surface area contributed by atoms with E-state index in [2.05, 4.69) is 24.5 Å². The van der Waals surface area contributed by atoms with E-state index in [1.54, 1.807) is 28.4 Å². The molecule has 206 valence electrons. The molecule has 4 heterocycles. The van der Waals surface area contributed by atoms with Gasteiger partial charge in [0.25, 0.3) is 0 Å². The highest BCUT2D eigenvalue weighted by atomic mass is 35.5. The fourth-order valence-corrected chi connectivity index (χ4v) is 7.83. The van der Waals surface area contributed by atoms with Gasteiger partial charge in [-0.15, -0.1) is 11.3 Å². The number of carbonyl (C=O) groups is 3. The second-order valence-electron chi connectivity index (χ2n) is 11.6. The number of nitrogens with one attached hydrogen (secondary N) is 2. The van der Waals surface area contributed by atoms with Crippen molar-refractivity contribution in [3.63, 3.8) is 0 Å². The molecular weight excluding hydrogens is 534 g/mol. The fraction of sp³-hybridized carbons (Fsp3) is 0.500. The van der Waals surface area contributed by atoms with E-state index in [9.17, 15) is 14.4 Å². The van der Waals surface area contributed by atoms with Gasteiger partial charge in [-0.1, -0.05) is 62.6 Å². The van der Waals surface area contributed by atoms with E-state index in [1.165, 1.54) is 0 Å². The van der Waals surface area contributed by atoms with E-state index < -0.39 is 29.6 Å². The summed E-state index contributed by atoms with van der Waals surface area (Å²) in [5.74, 6) is -1.41. The van der Waals surface area contributed by atoms with E-state index in [4.69, 9.17) is 16.3 Å². The topological polar surface area (TPSA) is 87.7 Å². The second-order valence-corrected chi connectivity index (χ2v) is 13.0. The van der Waals surface area contributed by atoms with Crippen molar-refractivity contribution in [2.24, 2.45) is 23.7 Å². The summed E-state index contributed by atoms with van der Waals surface area (Å²) in [7, 11) is 0. The molecule has 39 heavy (non-hydrogen) atoms. The molecule has 2 N–H and O–H groups in total. The van der Waals surface area contributed by atoms with Crippen LogP contribution in [-0.2, 0) is 25.7 Å². The molecule has 1 aromatic heterocycles. The molecule has 1 saturated carbocycles. The van der Waals surface area contributed by atoms with Crippen molar-refractivity contribution in [2.75, 3.05) is 5.32 Å². The van der Waals surface area contributed by atoms with Crippen LogP contribution in [0.5, 0.6) is 0 Å². The van der Waals surface area contributed by atoms with Crippen LogP contribution in [0.4, 0.5) is 5.69 Å². The number of benzene rings is 1. The Kier molecular flexibility index (Phi) is 6.84. The van der Waals surface area contributed by atoms with E-state index in [0.29, 0.717) is 29.1 Å². The zero-order valence-electron chi connectivity index (χ0n) is 22.4. The first kappa shape index (κ1) is 26.5. The van der Waals surface area contributed by atoms with Crippen LogP contribution >= 0.6 is 22.9 Å². The molecule has 0 radical (unpaired) electrons. The number of hydrogen-bond acceptors (Lipinski definition) is 5. The number of amides is 3. The van der Waals surface area contributed by atoms with Crippen LogP contribution in [-0.4, -0.2) is 46.4 Å². The standard InChI is InChI=1S/C30H34ClN3O4S/c1-16-6-4-8-22(18(16)3)33-28(36)26-30-12-11-23(38-30)24(27(35)32-19-10-9-17(2)21(31)14-19)25(30)29(37)34(26)15-20-7-5-13-39-20/h5,7,9-14,16,18,22-26H,4,6,8,15H2,1-3H3,(H,32,35)(H,33,36)/t16-,18-,22+,23+,24-,25+,26+,30+/m0/s1. The quantitative estimate of drug-likeness (QED) is 0.484. The predicted molar refractivity (Wildman–Crippen MR) is 151 cm³/mol. The average Bonchev–Trinajstić information content (AvgIpc) is 3.67. The maximum absolute atomic E-state index is 14.1. The Balaban J connectivity index is 1.31. The Bertz CT molecular complexity index is 1330. The third-order valence-electron chi connectivity index (χ3n) is 9.31. The van der Waals surface area contributed by atoms with E-state index >= 15 is 0 Å². The lowest BCUT2D eigenvalue weighted by Gasteiger charge is -2.38. The Labute approximate surface area is 237 Å². The number of rotatable bonds is 6. The van der Waals surface area contributed by atoms with Gasteiger partial charge in [-0.3, -0.25) is 14.4 Å². The van der Waals surface area contributed by atoms with Gasteiger partial charge in [-0.05, 0) is 54.3 Å². The second kappa shape index (κ2) is 10.1. The molecule has 4 aliphatic rings. The zero-order chi connectivity index (χ0) is 27.5. The number of carbonyl (C=O) groups excluding carboxylic acids is 3. The van der Waals surface area contributed by atoms with Gasteiger partial charge >= 0.3 is 0 Å². The van der Waals surface area contributed by atoms with Gasteiger partial charge < -0.3 is 20.3 Å². The van der Waals surface area contributed by atoms with Gasteiger partial charge in [0.05, 0.1) is 24.5 Å². The molecule has 9 heteroatoms. The first-order valence-electron chi connectivity index (χ1n) is 13.8. The number of hydrogen-bond donors (Lipinski definition) is 2. The molecular formula is C30H34ClN3O4S. The molecule has 1 spiro atoms. The summed E-state index contributed by atoms with van der Waals surface area (Å²) in [5.41, 5.74) is 0.289. The van der Waals surface area contributed by atoms with Crippen molar-refractivity contribution in [3.05, 3.63) is 63.3 Å². The number of fused-ring (bicyclic) bond motifs is 1. The number of ether oxygens (including phenoxy) is 1. The van der Waals surface area contributed by atoms with E-state index in [-0.39, 0.29) is 23.8 Å². The number of nitrogens with zero attached hydrogens (tertiary/aromatic N) is 1. The third-order valence-corrected chi connectivity index (χ3v) is 10.6. The Hall–Kier alpha value is -2.68. The first-order chi connectivity index (χ1) is 18.7. The molecule has 6 rings (SSSR count). The monoisotopic (exact) mass is 567 g/mol. The maximum atomic E-state index is 14.1. The van der Waals surface area contributed by atoms with Crippen LogP contribution in [0.1, 0.15) is 43.6 Å². The molecule has 3 aliphatic heterocycles. The van der Waals surface area contributed by atoms with Crippen molar-refractivity contribution in [1.29, 1.82) is 0 Å². The summed E-state index contributed by atoms with van der Waals surface area (Å²) in [5, 5.41) is 8.75. The summed E-state index contributed by atoms with van der Waals surface area (Å²) in [6.45, 7) is 6.61. The van der Waals surface area contributed by atoms with Crippen LogP contribution < -0.4 is 10.6 Å². The Morgan fingerprint density at radius 2 is 2.03 bits per heavy atom. The summed E-state index contributed by atoms with van der Waals surface area (Å²) >= 11 is 7.82. The minimum absolute atomic E-state index is 0.0448. The lowest BCUT2D eigenvalue weighted by molar-refractivity contribution is -0.142. The van der Waals surface area contributed by atoms with Gasteiger partial charge in [0, 0.05) is 21.6 Å². The minimum atomic E-state index is -1.18. The number of aryl methyl sites for hydroxylation is 1. The van der Waals surface area contributed by atoms with E-state index in [0.717, 1.165) is 29.7 Å². The summed E-state index contributed by atoms with van der Waals surface area (Å²) < 4.78 is 6.47. The van der Waals surface area contributed by atoms with E-state index in [1.807, 2.05) is 42.7 Å². The van der Waals surface area contributed by atoms with Gasteiger partial charge in [0.2, 0.25) is 17.7 Å². The van der Waals surface area contributed by atoms with Crippen molar-refractivity contribution >= 4 is 46.3 Å². The highest BCUT2D eigenvalue weighted by Crippen LogP contribution is 2.55. The molecule has 1 aliphatic carbocycles. The van der Waals surface area contributed by atoms with Gasteiger partial charge in [-0.25, -0.2) is 0 Å². The lowest BCUT2D eigenvalue weighted by Crippen LogP contribution is -2.57. The van der Waals surface area contributed by atoms with Crippen LogP contribution in [0, 0.1) is 30.6 Å².